The van der Waals surface area contributed by atoms with Crippen molar-refractivity contribution in [3.63, 3.8) is 0 Å². The van der Waals surface area contributed by atoms with Gasteiger partial charge in [0, 0.05) is 0 Å². The lowest BCUT2D eigenvalue weighted by molar-refractivity contribution is -0.175. The summed E-state index contributed by atoms with van der Waals surface area (Å²) in [6.45, 7) is 5.19. The van der Waals surface area contributed by atoms with Crippen molar-refractivity contribution in [3.05, 3.63) is 0 Å². The Morgan fingerprint density at radius 1 is 0.759 bits per heavy atom. The van der Waals surface area contributed by atoms with Gasteiger partial charge in [-0.1, -0.05) is 84.5 Å². The van der Waals surface area contributed by atoms with E-state index < -0.39 is 0 Å². The molecular formula is C27H48O2. The number of hydrogen-bond acceptors (Lipinski definition) is 2. The third-order valence-electron chi connectivity index (χ3n) is 9.13. The molecule has 2 heteroatoms. The van der Waals surface area contributed by atoms with E-state index in [2.05, 4.69) is 13.8 Å². The summed E-state index contributed by atoms with van der Waals surface area (Å²) in [5.41, 5.74) is 0.0419. The van der Waals surface area contributed by atoms with Crippen LogP contribution in [0.3, 0.4) is 0 Å². The van der Waals surface area contributed by atoms with Crippen molar-refractivity contribution in [1.29, 1.82) is 0 Å². The molecule has 0 spiro atoms. The van der Waals surface area contributed by atoms with Gasteiger partial charge in [-0.15, -0.1) is 0 Å². The number of ether oxygens (including phenoxy) is 1. The van der Waals surface area contributed by atoms with E-state index in [1.807, 2.05) is 0 Å². The molecule has 3 saturated carbocycles. The molecule has 0 N–H and O–H groups in total. The van der Waals surface area contributed by atoms with Crippen LogP contribution in [0.5, 0.6) is 0 Å². The first kappa shape index (κ1) is 23.1. The second kappa shape index (κ2) is 11.2. The van der Waals surface area contributed by atoms with Crippen molar-refractivity contribution in [2.45, 2.75) is 136 Å². The molecule has 3 fully saturated rings. The van der Waals surface area contributed by atoms with Crippen molar-refractivity contribution >= 4 is 5.97 Å². The first-order valence-electron chi connectivity index (χ1n) is 13.3. The third-order valence-corrected chi connectivity index (χ3v) is 9.13. The van der Waals surface area contributed by atoms with E-state index in [1.165, 1.54) is 103 Å². The lowest BCUT2D eigenvalue weighted by Crippen LogP contribution is -2.52. The number of esters is 1. The lowest BCUT2D eigenvalue weighted by Gasteiger charge is -2.55. The Morgan fingerprint density at radius 2 is 1.38 bits per heavy atom. The van der Waals surface area contributed by atoms with Crippen LogP contribution in [0.1, 0.15) is 136 Å². The summed E-state index contributed by atoms with van der Waals surface area (Å²) in [4.78, 5) is 13.6. The summed E-state index contributed by atoms with van der Waals surface area (Å²) in [5, 5.41) is 0. The SMILES string of the molecule is CCCCCOC(=O)C1([C@]2(CCC)CC[C@H](C3CCCCC3)CC2)CCCCC1. The molecule has 0 radical (unpaired) electrons. The Labute approximate surface area is 180 Å². The molecule has 2 nitrogen and oxygen atoms in total. The van der Waals surface area contributed by atoms with Gasteiger partial charge >= 0.3 is 5.97 Å². The maximum absolute atomic E-state index is 13.6. The molecule has 0 heterocycles. The molecule has 3 aliphatic rings. The molecule has 0 aromatic rings. The molecule has 0 atom stereocenters. The van der Waals surface area contributed by atoms with E-state index in [-0.39, 0.29) is 16.8 Å². The van der Waals surface area contributed by atoms with E-state index in [9.17, 15) is 4.79 Å². The number of carbonyl (C=O) groups is 1. The van der Waals surface area contributed by atoms with Gasteiger partial charge in [-0.25, -0.2) is 0 Å². The van der Waals surface area contributed by atoms with E-state index in [0.717, 1.165) is 31.1 Å². The Bertz CT molecular complexity index is 477. The zero-order chi connectivity index (χ0) is 20.6. The van der Waals surface area contributed by atoms with Crippen LogP contribution in [0, 0.1) is 22.7 Å². The minimum atomic E-state index is -0.176. The fourth-order valence-corrected chi connectivity index (χ4v) is 7.48. The van der Waals surface area contributed by atoms with Gasteiger partial charge in [0.1, 0.15) is 0 Å². The van der Waals surface area contributed by atoms with Gasteiger partial charge in [0.15, 0.2) is 0 Å². The number of rotatable bonds is 9. The number of hydrogen-bond donors (Lipinski definition) is 0. The van der Waals surface area contributed by atoms with Crippen molar-refractivity contribution in [2.24, 2.45) is 22.7 Å². The second-order valence-corrected chi connectivity index (χ2v) is 10.8. The molecule has 0 bridgehead atoms. The second-order valence-electron chi connectivity index (χ2n) is 10.8. The summed E-state index contributed by atoms with van der Waals surface area (Å²) in [7, 11) is 0. The molecule has 0 aliphatic heterocycles. The molecule has 3 rings (SSSR count). The molecule has 29 heavy (non-hydrogen) atoms. The normalized spacial score (nSPS) is 30.8. The molecule has 0 amide bonds. The average Bonchev–Trinajstić information content (AvgIpc) is 2.78. The minimum Gasteiger partial charge on any atom is -0.465 e. The van der Waals surface area contributed by atoms with Gasteiger partial charge in [-0.2, -0.15) is 0 Å². The fraction of sp³-hybridized carbons (Fsp3) is 0.963. The minimum absolute atomic E-state index is 0.176. The highest BCUT2D eigenvalue weighted by atomic mass is 16.5. The highest BCUT2D eigenvalue weighted by Crippen LogP contribution is 2.61. The predicted molar refractivity (Wildman–Crippen MR) is 122 cm³/mol. The summed E-state index contributed by atoms with van der Waals surface area (Å²) in [6.07, 6.45) is 24.4. The van der Waals surface area contributed by atoms with Gasteiger partial charge in [0.2, 0.25) is 0 Å². The standard InChI is InChI=1S/C27H48O2/c1-3-5-12-22-29-25(28)27(18-10-7-11-19-27)26(17-4-2)20-15-24(16-21-26)23-13-8-6-9-14-23/h23-24H,3-22H2,1-2H3/t24-,26+. The van der Waals surface area contributed by atoms with Crippen LogP contribution in [0.4, 0.5) is 0 Å². The average molecular weight is 405 g/mol. The fourth-order valence-electron chi connectivity index (χ4n) is 7.48. The van der Waals surface area contributed by atoms with Gasteiger partial charge in [-0.3, -0.25) is 4.79 Å². The van der Waals surface area contributed by atoms with Gasteiger partial charge in [0.05, 0.1) is 12.0 Å². The van der Waals surface area contributed by atoms with E-state index in [0.29, 0.717) is 6.61 Å². The Morgan fingerprint density at radius 3 is 2.00 bits per heavy atom. The van der Waals surface area contributed by atoms with Crippen LogP contribution < -0.4 is 0 Å². The van der Waals surface area contributed by atoms with Crippen molar-refractivity contribution < 1.29 is 9.53 Å². The van der Waals surface area contributed by atoms with Crippen LogP contribution in [0.25, 0.3) is 0 Å². The molecule has 168 valence electrons. The smallest absolute Gasteiger partial charge is 0.312 e. The maximum atomic E-state index is 13.6. The number of unbranched alkanes of at least 4 members (excludes halogenated alkanes) is 2. The van der Waals surface area contributed by atoms with Crippen LogP contribution in [-0.2, 0) is 9.53 Å². The largest absolute Gasteiger partial charge is 0.465 e. The Kier molecular flexibility index (Phi) is 8.93. The van der Waals surface area contributed by atoms with Crippen LogP contribution >= 0.6 is 0 Å². The zero-order valence-electron chi connectivity index (χ0n) is 19.6. The third kappa shape index (κ3) is 5.21. The lowest BCUT2D eigenvalue weighted by atomic mass is 9.49. The highest BCUT2D eigenvalue weighted by molar-refractivity contribution is 5.78. The molecule has 0 aromatic carbocycles. The Hall–Kier alpha value is -0.530. The summed E-state index contributed by atoms with van der Waals surface area (Å²) >= 11 is 0. The van der Waals surface area contributed by atoms with Crippen molar-refractivity contribution in [2.75, 3.05) is 6.61 Å². The first-order valence-corrected chi connectivity index (χ1v) is 13.3. The topological polar surface area (TPSA) is 26.3 Å². The predicted octanol–water partition coefficient (Wildman–Crippen LogP) is 8.23. The zero-order valence-corrected chi connectivity index (χ0v) is 19.6. The van der Waals surface area contributed by atoms with Gasteiger partial charge < -0.3 is 4.74 Å². The number of carbonyl (C=O) groups excluding carboxylic acids is 1. The molecule has 0 unspecified atom stereocenters. The maximum Gasteiger partial charge on any atom is 0.312 e. The molecule has 0 aromatic heterocycles. The van der Waals surface area contributed by atoms with Crippen molar-refractivity contribution in [3.8, 4) is 0 Å². The summed E-state index contributed by atoms with van der Waals surface area (Å²) in [6, 6.07) is 0. The van der Waals surface area contributed by atoms with Gasteiger partial charge in [0.25, 0.3) is 0 Å². The highest BCUT2D eigenvalue weighted by Gasteiger charge is 2.57. The van der Waals surface area contributed by atoms with Crippen LogP contribution in [-0.4, -0.2) is 12.6 Å². The van der Waals surface area contributed by atoms with E-state index >= 15 is 0 Å². The van der Waals surface area contributed by atoms with E-state index in [1.54, 1.807) is 0 Å². The van der Waals surface area contributed by atoms with Crippen LogP contribution in [0.15, 0.2) is 0 Å². The van der Waals surface area contributed by atoms with Crippen LogP contribution in [0.2, 0.25) is 0 Å². The Balaban J connectivity index is 1.73. The molecule has 3 aliphatic carbocycles. The molecule has 0 saturated heterocycles. The van der Waals surface area contributed by atoms with Gasteiger partial charge in [-0.05, 0) is 68.6 Å². The summed E-state index contributed by atoms with van der Waals surface area (Å²) < 4.78 is 6.02. The quantitative estimate of drug-likeness (QED) is 0.286. The first-order chi connectivity index (χ1) is 14.2. The van der Waals surface area contributed by atoms with Crippen molar-refractivity contribution in [1.82, 2.24) is 0 Å². The molecular weight excluding hydrogens is 356 g/mol. The van der Waals surface area contributed by atoms with E-state index in [4.69, 9.17) is 4.74 Å². The summed E-state index contributed by atoms with van der Waals surface area (Å²) in [5.74, 6) is 2.10. The monoisotopic (exact) mass is 404 g/mol.